The first-order valence-corrected chi connectivity index (χ1v) is 6.90. The Bertz CT molecular complexity index is 673. The topological polar surface area (TPSA) is 105 Å². The number of nitrogens with one attached hydrogen (secondary N) is 1. The molecule has 0 aliphatic carbocycles. The number of carboxylic acids is 1. The lowest BCUT2D eigenvalue weighted by Gasteiger charge is -2.16. The van der Waals surface area contributed by atoms with Crippen molar-refractivity contribution in [3.63, 3.8) is 0 Å². The van der Waals surface area contributed by atoms with Crippen LogP contribution >= 0.6 is 11.5 Å². The highest BCUT2D eigenvalue weighted by molar-refractivity contribution is 7.08. The van der Waals surface area contributed by atoms with E-state index in [4.69, 9.17) is 5.11 Å². The molecule has 2 N–H and O–H groups in total. The summed E-state index contributed by atoms with van der Waals surface area (Å²) in [6.45, 7) is 5.83. The number of aromatic carboxylic acids is 1. The van der Waals surface area contributed by atoms with E-state index in [1.165, 1.54) is 18.3 Å². The fourth-order valence-corrected chi connectivity index (χ4v) is 2.37. The molecule has 0 spiro atoms. The summed E-state index contributed by atoms with van der Waals surface area (Å²) < 4.78 is 3.82. The summed E-state index contributed by atoms with van der Waals surface area (Å²) in [5.74, 6) is -1.15. The van der Waals surface area contributed by atoms with E-state index in [1.54, 1.807) is 0 Å². The molecule has 0 radical (unpaired) electrons. The van der Waals surface area contributed by atoms with Crippen molar-refractivity contribution in [3.05, 3.63) is 34.5 Å². The molecular formula is C13H14N4O3S. The summed E-state index contributed by atoms with van der Waals surface area (Å²) in [7, 11) is 0. The second kappa shape index (κ2) is 5.57. The number of nitrogens with zero attached hydrogens (tertiary/aromatic N) is 3. The molecule has 8 heteroatoms. The number of hydrogen-bond donors (Lipinski definition) is 2. The predicted molar refractivity (Wildman–Crippen MR) is 77.8 cm³/mol. The zero-order valence-corrected chi connectivity index (χ0v) is 12.6. The third kappa shape index (κ3) is 3.40. The lowest BCUT2D eigenvalue weighted by atomic mass is 9.91. The molecule has 2 aromatic heterocycles. The predicted octanol–water partition coefficient (Wildman–Crippen LogP) is 2.18. The van der Waals surface area contributed by atoms with Crippen molar-refractivity contribution in [3.8, 4) is 0 Å². The number of carbonyl (C=O) groups excluding carboxylic acids is 1. The van der Waals surface area contributed by atoms with Crippen molar-refractivity contribution in [2.45, 2.75) is 26.2 Å². The van der Waals surface area contributed by atoms with Gasteiger partial charge in [0.25, 0.3) is 5.91 Å². The highest BCUT2D eigenvalue weighted by atomic mass is 32.1. The van der Waals surface area contributed by atoms with Gasteiger partial charge in [-0.05, 0) is 23.7 Å². The zero-order chi connectivity index (χ0) is 15.6. The van der Waals surface area contributed by atoms with Crippen LogP contribution < -0.4 is 5.32 Å². The Morgan fingerprint density at radius 3 is 2.52 bits per heavy atom. The Hall–Kier alpha value is -2.35. The molecule has 0 unspecified atom stereocenters. The standard InChI is InChI=1S/C13H14N4O3S/c1-13(2,3)10-9(21-17-16-10)11(18)15-8-5-4-7(6-14-8)12(19)20/h4-6H,1-3H3,(H,19,20)(H,14,15,18). The van der Waals surface area contributed by atoms with E-state index in [2.05, 4.69) is 19.9 Å². The van der Waals surface area contributed by atoms with E-state index in [9.17, 15) is 9.59 Å². The second-order valence-electron chi connectivity index (χ2n) is 5.39. The van der Waals surface area contributed by atoms with Crippen LogP contribution in [0.2, 0.25) is 0 Å². The van der Waals surface area contributed by atoms with Crippen LogP contribution in [-0.2, 0) is 5.41 Å². The summed E-state index contributed by atoms with van der Waals surface area (Å²) in [4.78, 5) is 27.3. The van der Waals surface area contributed by atoms with Crippen molar-refractivity contribution >= 4 is 29.2 Å². The van der Waals surface area contributed by atoms with E-state index >= 15 is 0 Å². The van der Waals surface area contributed by atoms with Gasteiger partial charge in [-0.1, -0.05) is 25.3 Å². The van der Waals surface area contributed by atoms with Gasteiger partial charge in [0, 0.05) is 11.6 Å². The molecule has 0 atom stereocenters. The Labute approximate surface area is 125 Å². The van der Waals surface area contributed by atoms with Gasteiger partial charge in [-0.2, -0.15) is 0 Å². The monoisotopic (exact) mass is 306 g/mol. The minimum Gasteiger partial charge on any atom is -0.478 e. The Morgan fingerprint density at radius 1 is 1.29 bits per heavy atom. The van der Waals surface area contributed by atoms with Crippen LogP contribution in [0.25, 0.3) is 0 Å². The normalized spacial score (nSPS) is 11.2. The average Bonchev–Trinajstić information content (AvgIpc) is 2.88. The van der Waals surface area contributed by atoms with E-state index in [-0.39, 0.29) is 22.7 Å². The van der Waals surface area contributed by atoms with E-state index in [0.717, 1.165) is 11.5 Å². The number of hydrogen-bond acceptors (Lipinski definition) is 6. The van der Waals surface area contributed by atoms with Gasteiger partial charge >= 0.3 is 5.97 Å². The first kappa shape index (κ1) is 15.0. The summed E-state index contributed by atoms with van der Waals surface area (Å²) in [6, 6.07) is 2.81. The maximum atomic E-state index is 12.2. The quantitative estimate of drug-likeness (QED) is 0.900. The molecule has 0 aromatic carbocycles. The van der Waals surface area contributed by atoms with Crippen LogP contribution in [0, 0.1) is 0 Å². The average molecular weight is 306 g/mol. The number of pyridine rings is 1. The zero-order valence-electron chi connectivity index (χ0n) is 11.7. The molecule has 0 aliphatic heterocycles. The number of amides is 1. The number of rotatable bonds is 3. The molecule has 0 bridgehead atoms. The lowest BCUT2D eigenvalue weighted by Crippen LogP contribution is -2.20. The molecule has 2 rings (SSSR count). The number of anilines is 1. The third-order valence-corrected chi connectivity index (χ3v) is 3.38. The molecule has 21 heavy (non-hydrogen) atoms. The van der Waals surface area contributed by atoms with Crippen LogP contribution in [0.5, 0.6) is 0 Å². The van der Waals surface area contributed by atoms with Gasteiger partial charge in [-0.25, -0.2) is 9.78 Å². The molecule has 2 aromatic rings. The summed E-state index contributed by atoms with van der Waals surface area (Å²) in [6.07, 6.45) is 1.19. The van der Waals surface area contributed by atoms with E-state index in [1.807, 2.05) is 20.8 Å². The van der Waals surface area contributed by atoms with Gasteiger partial charge in [0.1, 0.15) is 10.7 Å². The molecule has 7 nitrogen and oxygen atoms in total. The van der Waals surface area contributed by atoms with Gasteiger partial charge < -0.3 is 10.4 Å². The summed E-state index contributed by atoms with van der Waals surface area (Å²) in [5, 5.41) is 15.4. The third-order valence-electron chi connectivity index (χ3n) is 2.66. The molecule has 1 amide bonds. The molecule has 110 valence electrons. The SMILES string of the molecule is CC(C)(C)c1nnsc1C(=O)Nc1ccc(C(=O)O)cn1. The fraction of sp³-hybridized carbons (Fsp3) is 0.308. The van der Waals surface area contributed by atoms with Crippen molar-refractivity contribution in [2.75, 3.05) is 5.32 Å². The van der Waals surface area contributed by atoms with E-state index < -0.39 is 5.97 Å². The van der Waals surface area contributed by atoms with Crippen molar-refractivity contribution < 1.29 is 14.7 Å². The van der Waals surface area contributed by atoms with Gasteiger partial charge in [0.2, 0.25) is 0 Å². The number of aromatic nitrogens is 3. The van der Waals surface area contributed by atoms with Gasteiger partial charge in [-0.15, -0.1) is 5.10 Å². The highest BCUT2D eigenvalue weighted by Gasteiger charge is 2.26. The lowest BCUT2D eigenvalue weighted by molar-refractivity contribution is 0.0696. The smallest absolute Gasteiger partial charge is 0.337 e. The summed E-state index contributed by atoms with van der Waals surface area (Å²) in [5.41, 5.74) is 0.385. The molecular weight excluding hydrogens is 292 g/mol. The molecule has 0 aliphatic rings. The van der Waals surface area contributed by atoms with Crippen molar-refractivity contribution in [1.82, 2.24) is 14.6 Å². The maximum absolute atomic E-state index is 12.2. The van der Waals surface area contributed by atoms with Crippen LogP contribution in [0.4, 0.5) is 5.82 Å². The largest absolute Gasteiger partial charge is 0.478 e. The van der Waals surface area contributed by atoms with Crippen LogP contribution in [-0.4, -0.2) is 31.6 Å². The highest BCUT2D eigenvalue weighted by Crippen LogP contribution is 2.26. The van der Waals surface area contributed by atoms with Crippen LogP contribution in [0.15, 0.2) is 18.3 Å². The molecule has 2 heterocycles. The Balaban J connectivity index is 2.19. The summed E-state index contributed by atoms with van der Waals surface area (Å²) >= 11 is 1.02. The molecule has 0 saturated carbocycles. The van der Waals surface area contributed by atoms with Crippen LogP contribution in [0.3, 0.4) is 0 Å². The van der Waals surface area contributed by atoms with Crippen molar-refractivity contribution in [2.24, 2.45) is 0 Å². The minimum atomic E-state index is -1.07. The van der Waals surface area contributed by atoms with Crippen molar-refractivity contribution in [1.29, 1.82) is 0 Å². The minimum absolute atomic E-state index is 0.0582. The number of carboxylic acid groups (broad SMARTS) is 1. The first-order valence-electron chi connectivity index (χ1n) is 6.12. The molecule has 0 fully saturated rings. The Kier molecular flexibility index (Phi) is 3.99. The van der Waals surface area contributed by atoms with E-state index in [0.29, 0.717) is 10.6 Å². The fourth-order valence-electron chi connectivity index (χ4n) is 1.60. The Morgan fingerprint density at radius 2 is 2.00 bits per heavy atom. The first-order chi connectivity index (χ1) is 9.79. The van der Waals surface area contributed by atoms with Crippen LogP contribution in [0.1, 0.15) is 46.5 Å². The van der Waals surface area contributed by atoms with Gasteiger partial charge in [0.15, 0.2) is 0 Å². The number of carbonyl (C=O) groups is 2. The van der Waals surface area contributed by atoms with Gasteiger partial charge in [-0.3, -0.25) is 4.79 Å². The van der Waals surface area contributed by atoms with Gasteiger partial charge in [0.05, 0.1) is 11.3 Å². The molecule has 0 saturated heterocycles. The maximum Gasteiger partial charge on any atom is 0.337 e. The second-order valence-corrected chi connectivity index (χ2v) is 6.15.